The summed E-state index contributed by atoms with van der Waals surface area (Å²) in [5.41, 5.74) is 4.18. The topological polar surface area (TPSA) is 294 Å². The van der Waals surface area contributed by atoms with Crippen molar-refractivity contribution in [1.82, 2.24) is 50.7 Å². The van der Waals surface area contributed by atoms with Gasteiger partial charge in [0.2, 0.25) is 53.2 Å². The number of fused-ring (bicyclic) bond motifs is 3. The lowest BCUT2D eigenvalue weighted by Crippen LogP contribution is -2.64. The predicted molar refractivity (Wildman–Crippen MR) is 369 cm³/mol. The molecule has 0 saturated carbocycles. The molecule has 1 aliphatic carbocycles. The maximum atomic E-state index is 15.2. The Morgan fingerprint density at radius 1 is 0.531 bits per heavy atom. The molecule has 0 unspecified atom stereocenters. The van der Waals surface area contributed by atoms with Gasteiger partial charge in [-0.3, -0.25) is 47.9 Å². The van der Waals surface area contributed by atoms with Crippen molar-refractivity contribution in [2.75, 3.05) is 62.0 Å². The molecular weight excluding hydrogens is 1230 g/mol. The molecule has 536 valence electrons. The summed E-state index contributed by atoms with van der Waals surface area (Å²) in [6.07, 6.45) is 2.53. The van der Waals surface area contributed by atoms with E-state index in [1.54, 1.807) is 47.6 Å². The molecule has 3 rings (SSSR count). The number of ether oxygens (including phenoxy) is 2. The number of allylic oxidation sites excluding steroid dienone is 2. The van der Waals surface area contributed by atoms with Crippen LogP contribution in [0.4, 0.5) is 4.79 Å². The molecule has 2 aromatic carbocycles. The van der Waals surface area contributed by atoms with Gasteiger partial charge in [0.1, 0.15) is 67.1 Å². The number of aliphatic hydroxyl groups excluding tert-OH is 1. The third kappa shape index (κ3) is 22.1. The van der Waals surface area contributed by atoms with Gasteiger partial charge in [-0.1, -0.05) is 144 Å². The minimum atomic E-state index is -1.52. The Kier molecular flexibility index (Phi) is 32.7. The second kappa shape index (κ2) is 38.2. The number of rotatable bonds is 36. The van der Waals surface area contributed by atoms with E-state index in [-0.39, 0.29) is 69.1 Å². The average molecular weight is 1340 g/mol. The number of hydrogen-bond acceptors (Lipinski definition) is 14. The Bertz CT molecular complexity index is 2980. The molecule has 0 bridgehead atoms. The van der Waals surface area contributed by atoms with Crippen molar-refractivity contribution in [3.8, 4) is 11.1 Å². The van der Waals surface area contributed by atoms with Gasteiger partial charge in [0.25, 0.3) is 0 Å². The molecule has 24 nitrogen and oxygen atoms in total. The smallest absolute Gasteiger partial charge is 0.407 e. The van der Waals surface area contributed by atoms with Crippen LogP contribution in [0.2, 0.25) is 0 Å². The first-order chi connectivity index (χ1) is 44.9. The van der Waals surface area contributed by atoms with Crippen LogP contribution in [0.15, 0.2) is 60.7 Å². The van der Waals surface area contributed by atoms with Crippen LogP contribution in [0.3, 0.4) is 0 Å². The monoisotopic (exact) mass is 1340 g/mol. The molecule has 10 amide bonds. The molecule has 5 N–H and O–H groups in total. The number of carbonyl (C=O) groups is 11. The van der Waals surface area contributed by atoms with E-state index >= 15 is 14.4 Å². The van der Waals surface area contributed by atoms with E-state index in [1.165, 1.54) is 87.6 Å². The van der Waals surface area contributed by atoms with E-state index in [0.29, 0.717) is 6.42 Å². The summed E-state index contributed by atoms with van der Waals surface area (Å²) in [5.74, 6) is -8.74. The first-order valence-corrected chi connectivity index (χ1v) is 33.9. The summed E-state index contributed by atoms with van der Waals surface area (Å²) < 4.78 is 11.7. The Labute approximate surface area is 570 Å². The maximum Gasteiger partial charge on any atom is 0.407 e. The van der Waals surface area contributed by atoms with Gasteiger partial charge in [-0.25, -0.2) is 4.79 Å². The maximum absolute atomic E-state index is 15.2. The van der Waals surface area contributed by atoms with E-state index in [2.05, 4.69) is 21.3 Å². The number of benzene rings is 2. The summed E-state index contributed by atoms with van der Waals surface area (Å²) in [6, 6.07) is 5.01. The molecule has 0 aliphatic heterocycles. The van der Waals surface area contributed by atoms with Crippen LogP contribution in [0.5, 0.6) is 0 Å². The van der Waals surface area contributed by atoms with Crippen molar-refractivity contribution < 1.29 is 67.3 Å². The second-order valence-electron chi connectivity index (χ2n) is 27.8. The Hall–Kier alpha value is -7.89. The zero-order valence-electron chi connectivity index (χ0n) is 61.2. The normalized spacial score (nSPS) is 15.5. The molecular formula is C72H114N10O14. The third-order valence-corrected chi connectivity index (χ3v) is 17.9. The van der Waals surface area contributed by atoms with E-state index in [4.69, 9.17) is 9.47 Å². The number of aliphatic hydroxyl groups is 1. The Balaban J connectivity index is 1.87. The fraction of sp³-hybridized carbons (Fsp3) is 0.653. The van der Waals surface area contributed by atoms with E-state index in [9.17, 15) is 43.5 Å². The number of carbonyl (C=O) groups excluding carboxylic acids is 11. The Morgan fingerprint density at radius 3 is 1.47 bits per heavy atom. The quantitative estimate of drug-likeness (QED) is 0.0366. The van der Waals surface area contributed by atoms with Gasteiger partial charge < -0.3 is 65.2 Å². The molecule has 11 atom stereocenters. The molecule has 96 heavy (non-hydrogen) atoms. The number of nitrogens with one attached hydrogen (secondary N) is 4. The van der Waals surface area contributed by atoms with Gasteiger partial charge in [0.15, 0.2) is 0 Å². The summed E-state index contributed by atoms with van der Waals surface area (Å²) in [4.78, 5) is 165. The predicted octanol–water partition coefficient (Wildman–Crippen LogP) is 6.37. The number of amides is 10. The van der Waals surface area contributed by atoms with Gasteiger partial charge in [-0.05, 0) is 111 Å². The van der Waals surface area contributed by atoms with Crippen LogP contribution in [-0.4, -0.2) is 222 Å². The third-order valence-electron chi connectivity index (χ3n) is 17.9. The molecule has 2 aromatic rings. The average Bonchev–Trinajstić information content (AvgIpc) is 1.59. The number of esters is 1. The minimum absolute atomic E-state index is 0.00211. The van der Waals surface area contributed by atoms with Crippen molar-refractivity contribution >= 4 is 65.2 Å². The van der Waals surface area contributed by atoms with Crippen LogP contribution in [0, 0.1) is 35.5 Å². The number of nitrogens with zero attached hydrogens (tertiary/aromatic N) is 6. The second-order valence-corrected chi connectivity index (χ2v) is 27.8. The number of likely N-dealkylation sites (N-methyl/N-ethyl adjacent to an activating group) is 6. The van der Waals surface area contributed by atoms with Crippen LogP contribution < -0.4 is 21.3 Å². The highest BCUT2D eigenvalue weighted by atomic mass is 16.6. The highest BCUT2D eigenvalue weighted by Gasteiger charge is 2.47. The van der Waals surface area contributed by atoms with Gasteiger partial charge in [-0.15, -0.1) is 0 Å². The van der Waals surface area contributed by atoms with Crippen molar-refractivity contribution in [2.24, 2.45) is 35.5 Å². The van der Waals surface area contributed by atoms with Crippen LogP contribution in [0.1, 0.15) is 160 Å². The van der Waals surface area contributed by atoms with E-state index in [1.807, 2.05) is 103 Å². The summed E-state index contributed by atoms with van der Waals surface area (Å²) in [5, 5.41) is 20.5. The largest absolute Gasteiger partial charge is 0.459 e. The van der Waals surface area contributed by atoms with Crippen molar-refractivity contribution in [1.29, 1.82) is 0 Å². The highest BCUT2D eigenvalue weighted by molar-refractivity contribution is 5.99. The minimum Gasteiger partial charge on any atom is -0.459 e. The Morgan fingerprint density at radius 2 is 1.00 bits per heavy atom. The van der Waals surface area contributed by atoms with Gasteiger partial charge >= 0.3 is 12.1 Å². The van der Waals surface area contributed by atoms with Gasteiger partial charge in [0.05, 0.1) is 6.61 Å². The summed E-state index contributed by atoms with van der Waals surface area (Å²) in [6.45, 7) is 27.3. The summed E-state index contributed by atoms with van der Waals surface area (Å²) in [7, 11) is 8.66. The first-order valence-electron chi connectivity index (χ1n) is 33.9. The van der Waals surface area contributed by atoms with E-state index < -0.39 is 143 Å². The summed E-state index contributed by atoms with van der Waals surface area (Å²) >= 11 is 0. The van der Waals surface area contributed by atoms with Crippen molar-refractivity contribution in [3.05, 3.63) is 71.8 Å². The molecule has 0 radical (unpaired) electrons. The fourth-order valence-corrected chi connectivity index (χ4v) is 12.4. The molecule has 0 spiro atoms. The van der Waals surface area contributed by atoms with Crippen molar-refractivity contribution in [2.45, 2.75) is 209 Å². The van der Waals surface area contributed by atoms with Crippen molar-refractivity contribution in [3.63, 3.8) is 0 Å². The fourth-order valence-electron chi connectivity index (χ4n) is 12.4. The molecule has 0 heterocycles. The van der Waals surface area contributed by atoms with Crippen LogP contribution in [-0.2, 0) is 57.4 Å². The zero-order chi connectivity index (χ0) is 72.9. The molecule has 0 fully saturated rings. The number of hydrogen-bond donors (Lipinski definition) is 5. The van der Waals surface area contributed by atoms with Gasteiger partial charge in [0, 0.05) is 61.7 Å². The van der Waals surface area contributed by atoms with Crippen LogP contribution in [0.25, 0.3) is 11.1 Å². The SMILES string of the molecule is C/C=C/C[C@@H](C)[C@@H](OC(C)=O)[C@@H](C(=O)N[C@@H](CC)C(=O)N(C)CCO)N(C)C(=O)[C@H](C(C)C)N(C)C(=O)[C@H](CC(C)C)N(C)C(=O)[C@H](CC(C)C)N(C)C(=O)[C@@H](C)NC(=O)[C@H](C)NC(=O)[C@H](CC(C)C)N(C)C(=O)[C@@H](NC(=O)OCC1c2ccccc2-c2ccccc21)C(C)C. The lowest BCUT2D eigenvalue weighted by molar-refractivity contribution is -0.164. The van der Waals surface area contributed by atoms with E-state index in [0.717, 1.165) is 27.2 Å². The molecule has 0 saturated heterocycles. The zero-order valence-corrected chi connectivity index (χ0v) is 61.2. The first kappa shape index (κ1) is 82.3. The van der Waals surface area contributed by atoms with Gasteiger partial charge in [-0.2, -0.15) is 0 Å². The highest BCUT2D eigenvalue weighted by Crippen LogP contribution is 2.44. The lowest BCUT2D eigenvalue weighted by atomic mass is 9.91. The molecule has 1 aliphatic rings. The van der Waals surface area contributed by atoms with Crippen LogP contribution >= 0.6 is 0 Å². The standard InChI is InChI=1S/C72H114N10O14/c1-23-25-30-46(13)62(96-49(16)84)61(65(87)75-55(24-2)67(89)77(17)35-36-83)82(22)71(93)60(45(11)12)81(21)69(91)58(39-43(7)8)80(20)68(90)57(38-42(5)6)79(19)66(88)48(15)74-63(85)47(14)73-64(86)56(37-41(3)4)78(18)70(92)59(44(9)10)76-72(94)95-40-54-52-33-28-26-31-50(52)51-32-27-29-34-53(51)54/h23,25-29,31-34,41-48,54-62,83H,24,30,35-40H2,1-22H3,(H,73,86)(H,74,85)(H,75,87)(H,76,94)/b25-23+/t46-,47+,48-,55+,56+,57+,58+,59+,60+,61+,62-/m1/s1. The lowest BCUT2D eigenvalue weighted by Gasteiger charge is -2.42. The number of alkyl carbamates (subject to hydrolysis) is 1. The molecule has 0 aromatic heterocycles. The molecule has 24 heteroatoms.